The number of nitrogens with one attached hydrogen (secondary N) is 1. The van der Waals surface area contributed by atoms with E-state index in [9.17, 15) is 18.4 Å². The SMILES string of the molecule is NCCc1cc(F)cc(C(=O)N2CCN(C(=O)c3ccc(O[C@H]4CCNC4)c(-c4ccc(F)cc4)c3)CC2)c1. The standard InChI is InChI=1S/C30H32F2N4O3/c31-24-4-1-21(2-5-24)27-18-22(3-6-28(27)39-26-8-10-34-19-26)29(37)35-11-13-36(14-12-35)30(38)23-15-20(7-9-33)16-25(32)17-23/h1-6,15-18,26,34H,7-14,19,33H2/t26-/m0/s1. The molecule has 2 amide bonds. The maximum Gasteiger partial charge on any atom is 0.254 e. The van der Waals surface area contributed by atoms with Crippen LogP contribution in [0.25, 0.3) is 11.1 Å². The van der Waals surface area contributed by atoms with Gasteiger partial charge in [0.1, 0.15) is 23.5 Å². The zero-order valence-corrected chi connectivity index (χ0v) is 21.7. The number of nitrogens with two attached hydrogens (primary N) is 1. The van der Waals surface area contributed by atoms with Crippen LogP contribution >= 0.6 is 0 Å². The van der Waals surface area contributed by atoms with E-state index in [2.05, 4.69) is 5.32 Å². The molecular formula is C30H32F2N4O3. The third-order valence-corrected chi connectivity index (χ3v) is 7.18. The first kappa shape index (κ1) is 26.8. The van der Waals surface area contributed by atoms with E-state index in [0.717, 1.165) is 30.6 Å². The topological polar surface area (TPSA) is 87.9 Å². The Morgan fingerprint density at radius 2 is 1.56 bits per heavy atom. The molecule has 0 aromatic heterocycles. The molecule has 3 aromatic rings. The lowest BCUT2D eigenvalue weighted by Crippen LogP contribution is -2.50. The van der Waals surface area contributed by atoms with E-state index in [4.69, 9.17) is 10.5 Å². The van der Waals surface area contributed by atoms with Crippen molar-refractivity contribution in [3.63, 3.8) is 0 Å². The number of benzene rings is 3. The summed E-state index contributed by atoms with van der Waals surface area (Å²) in [4.78, 5) is 29.8. The van der Waals surface area contributed by atoms with Crippen LogP contribution in [0.1, 0.15) is 32.7 Å². The monoisotopic (exact) mass is 534 g/mol. The van der Waals surface area contributed by atoms with E-state index in [1.807, 2.05) is 0 Å². The zero-order valence-electron chi connectivity index (χ0n) is 21.7. The Kier molecular flexibility index (Phi) is 8.18. The minimum Gasteiger partial charge on any atom is -0.488 e. The average molecular weight is 535 g/mol. The van der Waals surface area contributed by atoms with Crippen molar-refractivity contribution in [3.8, 4) is 16.9 Å². The number of carbonyl (C=O) groups excluding carboxylic acids is 2. The van der Waals surface area contributed by atoms with E-state index in [-0.39, 0.29) is 29.3 Å². The molecule has 0 spiro atoms. The molecule has 2 aliphatic rings. The first-order valence-electron chi connectivity index (χ1n) is 13.3. The molecule has 0 unspecified atom stereocenters. The van der Waals surface area contributed by atoms with Gasteiger partial charge in [-0.2, -0.15) is 0 Å². The summed E-state index contributed by atoms with van der Waals surface area (Å²) in [6, 6.07) is 15.8. The minimum atomic E-state index is -0.466. The van der Waals surface area contributed by atoms with Gasteiger partial charge in [-0.1, -0.05) is 12.1 Å². The fourth-order valence-corrected chi connectivity index (χ4v) is 5.09. The van der Waals surface area contributed by atoms with Crippen LogP contribution in [0.5, 0.6) is 5.75 Å². The van der Waals surface area contributed by atoms with Crippen molar-refractivity contribution in [2.45, 2.75) is 18.9 Å². The van der Waals surface area contributed by atoms with Crippen molar-refractivity contribution < 1.29 is 23.1 Å². The molecule has 1 atom stereocenters. The summed E-state index contributed by atoms with van der Waals surface area (Å²) in [5, 5.41) is 3.28. The normalized spacial score (nSPS) is 17.4. The highest BCUT2D eigenvalue weighted by Gasteiger charge is 2.27. The van der Waals surface area contributed by atoms with Gasteiger partial charge >= 0.3 is 0 Å². The number of ether oxygens (including phenoxy) is 1. The molecule has 7 nitrogen and oxygen atoms in total. The summed E-state index contributed by atoms with van der Waals surface area (Å²) >= 11 is 0. The smallest absolute Gasteiger partial charge is 0.254 e. The second kappa shape index (κ2) is 11.9. The van der Waals surface area contributed by atoms with E-state index >= 15 is 0 Å². The van der Waals surface area contributed by atoms with E-state index in [1.54, 1.807) is 46.2 Å². The van der Waals surface area contributed by atoms with Crippen molar-refractivity contribution in [2.75, 3.05) is 45.8 Å². The van der Waals surface area contributed by atoms with Crippen LogP contribution in [0, 0.1) is 11.6 Å². The van der Waals surface area contributed by atoms with Crippen LogP contribution in [-0.2, 0) is 6.42 Å². The Hall–Kier alpha value is -3.82. The van der Waals surface area contributed by atoms with E-state index in [0.29, 0.717) is 56.0 Å². The van der Waals surface area contributed by atoms with Gasteiger partial charge in [-0.3, -0.25) is 9.59 Å². The number of amides is 2. The lowest BCUT2D eigenvalue weighted by atomic mass is 10.0. The maximum atomic E-state index is 14.1. The fourth-order valence-electron chi connectivity index (χ4n) is 5.09. The highest BCUT2D eigenvalue weighted by Crippen LogP contribution is 2.33. The molecule has 2 heterocycles. The highest BCUT2D eigenvalue weighted by atomic mass is 19.1. The van der Waals surface area contributed by atoms with Crippen molar-refractivity contribution in [1.29, 1.82) is 0 Å². The van der Waals surface area contributed by atoms with E-state index < -0.39 is 5.82 Å². The number of nitrogens with zero attached hydrogens (tertiary/aromatic N) is 2. The summed E-state index contributed by atoms with van der Waals surface area (Å²) in [5.41, 5.74) is 8.52. The number of piperazine rings is 1. The van der Waals surface area contributed by atoms with Gasteiger partial charge in [-0.25, -0.2) is 8.78 Å². The fraction of sp³-hybridized carbons (Fsp3) is 0.333. The molecule has 5 rings (SSSR count). The molecule has 0 bridgehead atoms. The molecular weight excluding hydrogens is 502 g/mol. The Morgan fingerprint density at radius 1 is 0.872 bits per heavy atom. The van der Waals surface area contributed by atoms with Gasteiger partial charge in [-0.05, 0) is 85.6 Å². The molecule has 2 saturated heterocycles. The van der Waals surface area contributed by atoms with Crippen LogP contribution in [-0.4, -0.2) is 73.5 Å². The van der Waals surface area contributed by atoms with Crippen LogP contribution in [0.4, 0.5) is 8.78 Å². The lowest BCUT2D eigenvalue weighted by molar-refractivity contribution is 0.0535. The molecule has 3 aromatic carbocycles. The molecule has 2 fully saturated rings. The summed E-state index contributed by atoms with van der Waals surface area (Å²) < 4.78 is 33.9. The van der Waals surface area contributed by atoms with Gasteiger partial charge in [0.25, 0.3) is 11.8 Å². The van der Waals surface area contributed by atoms with Gasteiger partial charge in [-0.15, -0.1) is 0 Å². The van der Waals surface area contributed by atoms with E-state index in [1.165, 1.54) is 24.3 Å². The highest BCUT2D eigenvalue weighted by molar-refractivity contribution is 5.97. The molecule has 204 valence electrons. The predicted molar refractivity (Wildman–Crippen MR) is 145 cm³/mol. The van der Waals surface area contributed by atoms with Crippen LogP contribution in [0.3, 0.4) is 0 Å². The van der Waals surface area contributed by atoms with Crippen molar-refractivity contribution in [1.82, 2.24) is 15.1 Å². The molecule has 0 radical (unpaired) electrons. The summed E-state index contributed by atoms with van der Waals surface area (Å²) in [5.74, 6) is -0.579. The summed E-state index contributed by atoms with van der Waals surface area (Å²) in [6.45, 7) is 3.39. The quantitative estimate of drug-likeness (QED) is 0.485. The number of rotatable bonds is 7. The number of hydrogen-bond acceptors (Lipinski definition) is 5. The summed E-state index contributed by atoms with van der Waals surface area (Å²) in [7, 11) is 0. The van der Waals surface area contributed by atoms with Crippen LogP contribution in [0.15, 0.2) is 60.7 Å². The number of hydrogen-bond donors (Lipinski definition) is 2. The van der Waals surface area contributed by atoms with Gasteiger partial charge in [0.2, 0.25) is 0 Å². The minimum absolute atomic E-state index is 0.0286. The van der Waals surface area contributed by atoms with Crippen molar-refractivity contribution >= 4 is 11.8 Å². The molecule has 39 heavy (non-hydrogen) atoms. The van der Waals surface area contributed by atoms with Crippen molar-refractivity contribution in [2.24, 2.45) is 5.73 Å². The van der Waals surface area contributed by atoms with Gasteiger partial charge in [0.05, 0.1) is 0 Å². The molecule has 2 aliphatic heterocycles. The van der Waals surface area contributed by atoms with Gasteiger partial charge in [0, 0.05) is 49.4 Å². The third kappa shape index (κ3) is 6.26. The first-order chi connectivity index (χ1) is 18.9. The predicted octanol–water partition coefficient (Wildman–Crippen LogP) is 3.47. The Labute approximate surface area is 226 Å². The average Bonchev–Trinajstić information content (AvgIpc) is 3.46. The Balaban J connectivity index is 1.30. The second-order valence-electron chi connectivity index (χ2n) is 9.92. The lowest BCUT2D eigenvalue weighted by Gasteiger charge is -2.35. The summed E-state index contributed by atoms with van der Waals surface area (Å²) in [6.07, 6.45) is 1.40. The van der Waals surface area contributed by atoms with Crippen LogP contribution in [0.2, 0.25) is 0 Å². The second-order valence-corrected chi connectivity index (χ2v) is 9.92. The maximum absolute atomic E-state index is 14.1. The zero-order chi connectivity index (χ0) is 27.4. The van der Waals surface area contributed by atoms with Crippen molar-refractivity contribution in [3.05, 3.63) is 89.0 Å². The molecule has 3 N–H and O–H groups in total. The molecule has 0 aliphatic carbocycles. The number of halogens is 2. The number of carbonyl (C=O) groups is 2. The van der Waals surface area contributed by atoms with Crippen LogP contribution < -0.4 is 15.8 Å². The third-order valence-electron chi connectivity index (χ3n) is 7.18. The Morgan fingerprint density at radius 3 is 2.21 bits per heavy atom. The Bertz CT molecular complexity index is 1330. The first-order valence-corrected chi connectivity index (χ1v) is 13.3. The molecule has 0 saturated carbocycles. The van der Waals surface area contributed by atoms with Gasteiger partial charge < -0.3 is 25.6 Å². The van der Waals surface area contributed by atoms with Gasteiger partial charge in [0.15, 0.2) is 0 Å². The largest absolute Gasteiger partial charge is 0.488 e. The molecule has 9 heteroatoms.